The van der Waals surface area contributed by atoms with Crippen molar-refractivity contribution in [2.24, 2.45) is 0 Å². The molecular formula is C16H15NO. The Labute approximate surface area is 107 Å². The molecule has 0 heterocycles. The molecule has 0 saturated heterocycles. The summed E-state index contributed by atoms with van der Waals surface area (Å²) >= 11 is 0. The van der Waals surface area contributed by atoms with E-state index in [4.69, 9.17) is 0 Å². The van der Waals surface area contributed by atoms with E-state index in [0.717, 1.165) is 16.8 Å². The molecule has 90 valence electrons. The van der Waals surface area contributed by atoms with Gasteiger partial charge in [-0.3, -0.25) is 4.79 Å². The van der Waals surface area contributed by atoms with Crippen LogP contribution in [0.15, 0.2) is 61.2 Å². The smallest absolute Gasteiger partial charge is 0.256 e. The monoisotopic (exact) mass is 237 g/mol. The Morgan fingerprint density at radius 1 is 0.944 bits per heavy atom. The molecule has 0 radical (unpaired) electrons. The normalized spacial score (nSPS) is 9.83. The van der Waals surface area contributed by atoms with Crippen LogP contribution in [0.1, 0.15) is 22.8 Å². The Morgan fingerprint density at radius 3 is 2.11 bits per heavy atom. The number of amides is 1. The molecule has 1 N–H and O–H groups in total. The molecule has 0 aliphatic carbocycles. The lowest BCUT2D eigenvalue weighted by molar-refractivity contribution is 0.102. The molecule has 2 aromatic rings. The van der Waals surface area contributed by atoms with Gasteiger partial charge in [-0.05, 0) is 30.7 Å². The van der Waals surface area contributed by atoms with Crippen molar-refractivity contribution in [2.45, 2.75) is 6.92 Å². The second-order valence-electron chi connectivity index (χ2n) is 4.15. The number of carbonyl (C=O) groups is 1. The molecule has 2 nitrogen and oxygen atoms in total. The van der Waals surface area contributed by atoms with Crippen LogP contribution >= 0.6 is 0 Å². The maximum absolute atomic E-state index is 12.2. The molecule has 0 bridgehead atoms. The highest BCUT2D eigenvalue weighted by atomic mass is 16.1. The van der Waals surface area contributed by atoms with Gasteiger partial charge in [-0.15, -0.1) is 0 Å². The third kappa shape index (κ3) is 2.66. The van der Waals surface area contributed by atoms with Crippen LogP contribution in [0.4, 0.5) is 5.69 Å². The fourth-order valence-electron chi connectivity index (χ4n) is 1.77. The van der Waals surface area contributed by atoms with Gasteiger partial charge in [-0.2, -0.15) is 0 Å². The lowest BCUT2D eigenvalue weighted by atomic mass is 10.0. The molecule has 2 aromatic carbocycles. The standard InChI is InChI=1S/C16H15NO/c1-12(2)14-10-6-7-11-15(14)16(18)17-13-8-4-3-5-9-13/h3-11H,1H2,2H3,(H,17,18). The zero-order chi connectivity index (χ0) is 13.0. The minimum Gasteiger partial charge on any atom is -0.322 e. The van der Waals surface area contributed by atoms with Crippen LogP contribution in [-0.4, -0.2) is 5.91 Å². The second kappa shape index (κ2) is 5.32. The Bertz CT molecular complexity index is 573. The first-order chi connectivity index (χ1) is 8.68. The first kappa shape index (κ1) is 12.1. The van der Waals surface area contributed by atoms with Crippen molar-refractivity contribution < 1.29 is 4.79 Å². The SMILES string of the molecule is C=C(C)c1ccccc1C(=O)Nc1ccccc1. The number of para-hydroxylation sites is 1. The third-order valence-electron chi connectivity index (χ3n) is 2.66. The predicted molar refractivity (Wildman–Crippen MR) is 75.5 cm³/mol. The van der Waals surface area contributed by atoms with Crippen molar-refractivity contribution in [3.05, 3.63) is 72.3 Å². The van der Waals surface area contributed by atoms with Crippen molar-refractivity contribution in [2.75, 3.05) is 5.32 Å². The Balaban J connectivity index is 2.27. The van der Waals surface area contributed by atoms with Gasteiger partial charge >= 0.3 is 0 Å². The molecule has 0 aliphatic heterocycles. The van der Waals surface area contributed by atoms with Gasteiger partial charge in [0.25, 0.3) is 5.91 Å². The highest BCUT2D eigenvalue weighted by Crippen LogP contribution is 2.18. The zero-order valence-corrected chi connectivity index (χ0v) is 10.3. The quantitative estimate of drug-likeness (QED) is 0.859. The van der Waals surface area contributed by atoms with Gasteiger partial charge in [0, 0.05) is 11.3 Å². The summed E-state index contributed by atoms with van der Waals surface area (Å²) in [5.41, 5.74) is 3.20. The number of hydrogen-bond acceptors (Lipinski definition) is 1. The molecule has 1 amide bonds. The van der Waals surface area contributed by atoms with Crippen molar-refractivity contribution in [1.29, 1.82) is 0 Å². The molecule has 0 aromatic heterocycles. The summed E-state index contributed by atoms with van der Waals surface area (Å²) in [5.74, 6) is -0.111. The molecule has 0 unspecified atom stereocenters. The Morgan fingerprint density at radius 2 is 1.50 bits per heavy atom. The fraction of sp³-hybridized carbons (Fsp3) is 0.0625. The molecule has 0 spiro atoms. The minimum absolute atomic E-state index is 0.111. The first-order valence-electron chi connectivity index (χ1n) is 5.80. The molecule has 0 atom stereocenters. The number of carbonyl (C=O) groups excluding carboxylic acids is 1. The molecule has 2 rings (SSSR count). The van der Waals surface area contributed by atoms with E-state index < -0.39 is 0 Å². The summed E-state index contributed by atoms with van der Waals surface area (Å²) in [5, 5.41) is 2.87. The molecule has 0 fully saturated rings. The Hall–Kier alpha value is -2.35. The van der Waals surface area contributed by atoms with Crippen LogP contribution in [0.5, 0.6) is 0 Å². The van der Waals surface area contributed by atoms with Gasteiger partial charge in [0.1, 0.15) is 0 Å². The highest BCUT2D eigenvalue weighted by molar-refractivity contribution is 6.07. The summed E-state index contributed by atoms with van der Waals surface area (Å²) in [7, 11) is 0. The van der Waals surface area contributed by atoms with Crippen LogP contribution in [0.3, 0.4) is 0 Å². The van der Waals surface area contributed by atoms with Crippen LogP contribution in [-0.2, 0) is 0 Å². The highest BCUT2D eigenvalue weighted by Gasteiger charge is 2.10. The van der Waals surface area contributed by atoms with E-state index in [2.05, 4.69) is 11.9 Å². The van der Waals surface area contributed by atoms with Crippen molar-refractivity contribution in [3.8, 4) is 0 Å². The fourth-order valence-corrected chi connectivity index (χ4v) is 1.77. The first-order valence-corrected chi connectivity index (χ1v) is 5.80. The lowest BCUT2D eigenvalue weighted by Gasteiger charge is -2.09. The average Bonchev–Trinajstić information content (AvgIpc) is 2.40. The third-order valence-corrected chi connectivity index (χ3v) is 2.66. The van der Waals surface area contributed by atoms with Crippen LogP contribution in [0.2, 0.25) is 0 Å². The van der Waals surface area contributed by atoms with Gasteiger partial charge in [-0.1, -0.05) is 48.6 Å². The number of hydrogen-bond donors (Lipinski definition) is 1. The van der Waals surface area contributed by atoms with E-state index >= 15 is 0 Å². The average molecular weight is 237 g/mol. The number of rotatable bonds is 3. The largest absolute Gasteiger partial charge is 0.322 e. The van der Waals surface area contributed by atoms with Gasteiger partial charge in [0.05, 0.1) is 0 Å². The van der Waals surface area contributed by atoms with Crippen molar-refractivity contribution in [3.63, 3.8) is 0 Å². The number of allylic oxidation sites excluding steroid dienone is 1. The molecule has 0 aliphatic rings. The minimum atomic E-state index is -0.111. The molecule has 2 heteroatoms. The summed E-state index contributed by atoms with van der Waals surface area (Å²) < 4.78 is 0. The van der Waals surface area contributed by atoms with E-state index in [9.17, 15) is 4.79 Å². The maximum atomic E-state index is 12.2. The Kier molecular flexibility index (Phi) is 3.58. The summed E-state index contributed by atoms with van der Waals surface area (Å²) in [6, 6.07) is 16.9. The van der Waals surface area contributed by atoms with Crippen molar-refractivity contribution in [1.82, 2.24) is 0 Å². The number of benzene rings is 2. The molecule has 18 heavy (non-hydrogen) atoms. The van der Waals surface area contributed by atoms with Gasteiger partial charge in [-0.25, -0.2) is 0 Å². The van der Waals surface area contributed by atoms with Crippen LogP contribution < -0.4 is 5.32 Å². The topological polar surface area (TPSA) is 29.1 Å². The van der Waals surface area contributed by atoms with E-state index in [0.29, 0.717) is 5.56 Å². The summed E-state index contributed by atoms with van der Waals surface area (Å²) in [4.78, 5) is 12.2. The summed E-state index contributed by atoms with van der Waals surface area (Å²) in [6.07, 6.45) is 0. The van der Waals surface area contributed by atoms with Gasteiger partial charge < -0.3 is 5.32 Å². The maximum Gasteiger partial charge on any atom is 0.256 e. The van der Waals surface area contributed by atoms with E-state index in [-0.39, 0.29) is 5.91 Å². The van der Waals surface area contributed by atoms with Crippen LogP contribution in [0, 0.1) is 0 Å². The predicted octanol–water partition coefficient (Wildman–Crippen LogP) is 3.97. The van der Waals surface area contributed by atoms with Gasteiger partial charge in [0.15, 0.2) is 0 Å². The van der Waals surface area contributed by atoms with E-state index in [1.807, 2.05) is 61.5 Å². The number of anilines is 1. The zero-order valence-electron chi connectivity index (χ0n) is 10.3. The van der Waals surface area contributed by atoms with Crippen LogP contribution in [0.25, 0.3) is 5.57 Å². The van der Waals surface area contributed by atoms with Crippen molar-refractivity contribution >= 4 is 17.2 Å². The van der Waals surface area contributed by atoms with E-state index in [1.165, 1.54) is 0 Å². The molecule has 0 saturated carbocycles. The molecular weight excluding hydrogens is 222 g/mol. The number of nitrogens with one attached hydrogen (secondary N) is 1. The second-order valence-corrected chi connectivity index (χ2v) is 4.15. The van der Waals surface area contributed by atoms with E-state index in [1.54, 1.807) is 0 Å². The summed E-state index contributed by atoms with van der Waals surface area (Å²) in [6.45, 7) is 5.79. The lowest BCUT2D eigenvalue weighted by Crippen LogP contribution is -2.13. The van der Waals surface area contributed by atoms with Gasteiger partial charge in [0.2, 0.25) is 0 Å².